The Hall–Kier alpha value is -3.48. The molecule has 0 saturated carbocycles. The van der Waals surface area contributed by atoms with Crippen LogP contribution in [-0.4, -0.2) is 80.3 Å². The molecule has 1 saturated heterocycles. The van der Waals surface area contributed by atoms with Crippen molar-refractivity contribution in [3.63, 3.8) is 0 Å². The number of primary amides is 1. The van der Waals surface area contributed by atoms with Crippen LogP contribution in [0.5, 0.6) is 0 Å². The minimum atomic E-state index is -1.23. The van der Waals surface area contributed by atoms with E-state index in [0.29, 0.717) is 18.5 Å². The molecule has 1 aromatic rings. The highest BCUT2D eigenvalue weighted by molar-refractivity contribution is 5.94. The summed E-state index contributed by atoms with van der Waals surface area (Å²) in [4.78, 5) is 68.7. The summed E-state index contributed by atoms with van der Waals surface area (Å²) >= 11 is 0. The van der Waals surface area contributed by atoms with Crippen molar-refractivity contribution in [3.8, 4) is 0 Å². The molecular weight excluding hydrogens is 422 g/mol. The zero-order valence-electron chi connectivity index (χ0n) is 17.7. The summed E-state index contributed by atoms with van der Waals surface area (Å²) in [6, 6.07) is -4.09. The average molecular weight is 451 g/mol. The monoisotopic (exact) mass is 451 g/mol. The molecule has 0 spiro atoms. The lowest BCUT2D eigenvalue weighted by molar-refractivity contribution is -0.145. The van der Waals surface area contributed by atoms with Crippen molar-refractivity contribution in [1.29, 1.82) is 0 Å². The number of carbonyl (C=O) groups excluding carboxylic acids is 4. The van der Waals surface area contributed by atoms with Crippen molar-refractivity contribution in [2.45, 2.75) is 63.2 Å². The number of rotatable bonds is 11. The first-order valence-electron chi connectivity index (χ1n) is 10.2. The molecule has 176 valence electrons. The molecule has 1 aliphatic rings. The van der Waals surface area contributed by atoms with E-state index in [9.17, 15) is 29.1 Å². The van der Waals surface area contributed by atoms with E-state index in [4.69, 9.17) is 11.5 Å². The van der Waals surface area contributed by atoms with Gasteiger partial charge in [0.05, 0.1) is 12.4 Å². The number of nitrogens with one attached hydrogen (secondary N) is 3. The highest BCUT2D eigenvalue weighted by Gasteiger charge is 2.39. The summed E-state index contributed by atoms with van der Waals surface area (Å²) in [5.74, 6) is -3.63. The molecular formula is C19H29N7O6. The van der Waals surface area contributed by atoms with Crippen LogP contribution >= 0.6 is 0 Å². The number of nitrogens with two attached hydrogens (primary N) is 2. The van der Waals surface area contributed by atoms with Gasteiger partial charge in [0.15, 0.2) is 0 Å². The standard InChI is InChI=1S/C19H29N7O6/c1-10(20)16(28)24-12(4-5-15(21)27)18(30)26-6-2-3-14(26)17(29)25-13(19(31)32)7-11-8-22-9-23-11/h8-10,12-14H,2-7,20H2,1H3,(H2,21,27)(H,22,23)(H,24,28)(H,25,29)(H,31,32). The first kappa shape index (κ1) is 24.8. The lowest BCUT2D eigenvalue weighted by Crippen LogP contribution is -2.56. The van der Waals surface area contributed by atoms with Crippen molar-refractivity contribution >= 4 is 29.6 Å². The summed E-state index contributed by atoms with van der Waals surface area (Å²) < 4.78 is 0. The Morgan fingerprint density at radius 3 is 2.56 bits per heavy atom. The van der Waals surface area contributed by atoms with Gasteiger partial charge < -0.3 is 37.1 Å². The third-order valence-corrected chi connectivity index (χ3v) is 5.14. The van der Waals surface area contributed by atoms with Gasteiger partial charge in [-0.25, -0.2) is 9.78 Å². The number of hydrogen-bond acceptors (Lipinski definition) is 7. The summed E-state index contributed by atoms with van der Waals surface area (Å²) in [7, 11) is 0. The van der Waals surface area contributed by atoms with Crippen LogP contribution in [0.4, 0.5) is 0 Å². The fourth-order valence-electron chi connectivity index (χ4n) is 3.43. The minimum absolute atomic E-state index is 0.00653. The van der Waals surface area contributed by atoms with Crippen molar-refractivity contribution in [2.75, 3.05) is 6.54 Å². The number of aromatic amines is 1. The predicted molar refractivity (Wildman–Crippen MR) is 111 cm³/mol. The SMILES string of the molecule is CC(N)C(=O)NC(CCC(N)=O)C(=O)N1CCCC1C(=O)NC(Cc1cnc[nH]1)C(=O)O. The summed E-state index contributed by atoms with van der Waals surface area (Å²) in [5, 5.41) is 14.4. The molecule has 0 bridgehead atoms. The van der Waals surface area contributed by atoms with E-state index in [1.54, 1.807) is 0 Å². The molecule has 4 atom stereocenters. The summed E-state index contributed by atoms with van der Waals surface area (Å²) in [6.45, 7) is 1.69. The maximum atomic E-state index is 13.1. The van der Waals surface area contributed by atoms with Gasteiger partial charge in [-0.2, -0.15) is 0 Å². The zero-order chi connectivity index (χ0) is 23.8. The number of hydrogen-bond donors (Lipinski definition) is 6. The summed E-state index contributed by atoms with van der Waals surface area (Å²) in [5.41, 5.74) is 11.3. The first-order chi connectivity index (χ1) is 15.1. The van der Waals surface area contributed by atoms with E-state index in [0.717, 1.165) is 0 Å². The van der Waals surface area contributed by atoms with E-state index in [2.05, 4.69) is 20.6 Å². The number of H-pyrrole nitrogens is 1. The van der Waals surface area contributed by atoms with Crippen molar-refractivity contribution in [1.82, 2.24) is 25.5 Å². The van der Waals surface area contributed by atoms with Gasteiger partial charge in [-0.15, -0.1) is 0 Å². The number of nitrogens with zero attached hydrogens (tertiary/aromatic N) is 2. The van der Waals surface area contributed by atoms with Crippen LogP contribution in [0.3, 0.4) is 0 Å². The molecule has 2 heterocycles. The molecule has 32 heavy (non-hydrogen) atoms. The molecule has 1 aliphatic heterocycles. The molecule has 8 N–H and O–H groups in total. The second-order valence-electron chi connectivity index (χ2n) is 7.72. The van der Waals surface area contributed by atoms with Crippen molar-refractivity contribution in [3.05, 3.63) is 18.2 Å². The minimum Gasteiger partial charge on any atom is -0.480 e. The van der Waals surface area contributed by atoms with Gasteiger partial charge in [-0.1, -0.05) is 0 Å². The normalized spacial score (nSPS) is 18.4. The topological polar surface area (TPSA) is 214 Å². The van der Waals surface area contributed by atoms with Gasteiger partial charge in [-0.3, -0.25) is 19.2 Å². The Morgan fingerprint density at radius 1 is 1.28 bits per heavy atom. The second-order valence-corrected chi connectivity index (χ2v) is 7.72. The van der Waals surface area contributed by atoms with Crippen LogP contribution in [0, 0.1) is 0 Å². The zero-order valence-corrected chi connectivity index (χ0v) is 17.7. The Morgan fingerprint density at radius 2 is 2.00 bits per heavy atom. The van der Waals surface area contributed by atoms with Crippen molar-refractivity contribution < 1.29 is 29.1 Å². The maximum absolute atomic E-state index is 13.1. The molecule has 0 aromatic carbocycles. The molecule has 0 aliphatic carbocycles. The van der Waals surface area contributed by atoms with E-state index in [-0.39, 0.29) is 25.8 Å². The van der Waals surface area contributed by atoms with Crippen LogP contribution in [0.15, 0.2) is 12.5 Å². The van der Waals surface area contributed by atoms with Gasteiger partial charge in [0, 0.05) is 31.3 Å². The smallest absolute Gasteiger partial charge is 0.326 e. The average Bonchev–Trinajstić information content (AvgIpc) is 3.41. The Bertz CT molecular complexity index is 841. The fourth-order valence-corrected chi connectivity index (χ4v) is 3.43. The van der Waals surface area contributed by atoms with Crippen LogP contribution < -0.4 is 22.1 Å². The van der Waals surface area contributed by atoms with Gasteiger partial charge >= 0.3 is 5.97 Å². The number of likely N-dealkylation sites (tertiary alicyclic amines) is 1. The first-order valence-corrected chi connectivity index (χ1v) is 10.2. The molecule has 2 rings (SSSR count). The highest BCUT2D eigenvalue weighted by Crippen LogP contribution is 2.20. The van der Waals surface area contributed by atoms with Crippen LogP contribution in [-0.2, 0) is 30.4 Å². The van der Waals surface area contributed by atoms with E-state index in [1.807, 2.05) is 0 Å². The number of imidazole rings is 1. The number of amides is 4. The molecule has 0 radical (unpaired) electrons. The molecule has 4 amide bonds. The number of carboxylic acids is 1. The van der Waals surface area contributed by atoms with Crippen LogP contribution in [0.1, 0.15) is 38.3 Å². The van der Waals surface area contributed by atoms with Crippen LogP contribution in [0.25, 0.3) is 0 Å². The fraction of sp³-hybridized carbons (Fsp3) is 0.579. The third-order valence-electron chi connectivity index (χ3n) is 5.14. The molecule has 13 heteroatoms. The van der Waals surface area contributed by atoms with Crippen molar-refractivity contribution in [2.24, 2.45) is 11.5 Å². The van der Waals surface area contributed by atoms with E-state index in [1.165, 1.54) is 24.3 Å². The largest absolute Gasteiger partial charge is 0.480 e. The number of aromatic nitrogens is 2. The lowest BCUT2D eigenvalue weighted by atomic mass is 10.1. The quantitative estimate of drug-likeness (QED) is 0.213. The Labute approximate surface area is 184 Å². The summed E-state index contributed by atoms with van der Waals surface area (Å²) in [6.07, 6.45) is 3.51. The predicted octanol–water partition coefficient (Wildman–Crippen LogP) is -2.39. The molecule has 1 fully saturated rings. The van der Waals surface area contributed by atoms with Gasteiger partial charge in [0.2, 0.25) is 23.6 Å². The second kappa shape index (κ2) is 11.2. The van der Waals surface area contributed by atoms with Gasteiger partial charge in [-0.05, 0) is 26.2 Å². The Kier molecular flexibility index (Phi) is 8.70. The third kappa shape index (κ3) is 6.77. The molecule has 1 aromatic heterocycles. The highest BCUT2D eigenvalue weighted by atomic mass is 16.4. The van der Waals surface area contributed by atoms with Gasteiger partial charge in [0.1, 0.15) is 18.1 Å². The van der Waals surface area contributed by atoms with Gasteiger partial charge in [0.25, 0.3) is 0 Å². The number of carboxylic acid groups (broad SMARTS) is 1. The van der Waals surface area contributed by atoms with Crippen LogP contribution in [0.2, 0.25) is 0 Å². The number of carbonyl (C=O) groups is 5. The molecule has 13 nitrogen and oxygen atoms in total. The lowest BCUT2D eigenvalue weighted by Gasteiger charge is -2.29. The number of aliphatic carboxylic acids is 1. The van der Waals surface area contributed by atoms with E-state index >= 15 is 0 Å². The Balaban J connectivity index is 2.11. The maximum Gasteiger partial charge on any atom is 0.326 e. The van der Waals surface area contributed by atoms with E-state index < -0.39 is 53.8 Å². The molecule has 4 unspecified atom stereocenters.